The second kappa shape index (κ2) is 5.40. The average Bonchev–Trinajstić information content (AvgIpc) is 2.19. The van der Waals surface area contributed by atoms with Gasteiger partial charge in [-0.2, -0.15) is 0 Å². The molecule has 1 aromatic carbocycles. The number of carbonyl (C=O) groups is 1. The van der Waals surface area contributed by atoms with E-state index in [0.717, 1.165) is 12.0 Å². The van der Waals surface area contributed by atoms with Crippen molar-refractivity contribution in [3.05, 3.63) is 35.4 Å². The first-order chi connectivity index (χ1) is 6.75. The van der Waals surface area contributed by atoms with Gasteiger partial charge >= 0.3 is 5.97 Å². The fourth-order valence-electron chi connectivity index (χ4n) is 1.37. The topological polar surface area (TPSA) is 57.5 Å². The number of carboxylic acids is 1. The minimum atomic E-state index is -0.885. The van der Waals surface area contributed by atoms with Crippen LogP contribution < -0.4 is 0 Å². The van der Waals surface area contributed by atoms with Crippen LogP contribution in [0.25, 0.3) is 0 Å². The molecule has 14 heavy (non-hydrogen) atoms. The van der Waals surface area contributed by atoms with Crippen molar-refractivity contribution in [3.8, 4) is 0 Å². The molecule has 0 amide bonds. The van der Waals surface area contributed by atoms with Crippen LogP contribution in [-0.4, -0.2) is 22.8 Å². The van der Waals surface area contributed by atoms with Gasteiger partial charge in [-0.05, 0) is 30.9 Å². The van der Waals surface area contributed by atoms with Crippen molar-refractivity contribution in [3.63, 3.8) is 0 Å². The van der Waals surface area contributed by atoms with Gasteiger partial charge in [0.25, 0.3) is 0 Å². The Kier molecular flexibility index (Phi) is 4.13. The van der Waals surface area contributed by atoms with Crippen LogP contribution in [0.3, 0.4) is 0 Å². The van der Waals surface area contributed by atoms with Gasteiger partial charge in [0, 0.05) is 6.61 Å². The molecule has 0 bridgehead atoms. The molecule has 0 unspecified atom stereocenters. The molecule has 0 radical (unpaired) electrons. The minimum Gasteiger partial charge on any atom is -0.478 e. The molecule has 0 aliphatic rings. The lowest BCUT2D eigenvalue weighted by atomic mass is 10.0. The first kappa shape index (κ1) is 10.7. The van der Waals surface area contributed by atoms with Gasteiger partial charge in [-0.3, -0.25) is 0 Å². The quantitative estimate of drug-likeness (QED) is 0.701. The number of aryl methyl sites for hydroxylation is 1. The summed E-state index contributed by atoms with van der Waals surface area (Å²) in [5, 5.41) is 17.5. The molecule has 0 aromatic heterocycles. The summed E-state index contributed by atoms with van der Waals surface area (Å²) in [6.07, 6.45) is 2.25. The summed E-state index contributed by atoms with van der Waals surface area (Å²) in [6.45, 7) is 0.162. The highest BCUT2D eigenvalue weighted by molar-refractivity contribution is 5.89. The molecule has 0 atom stereocenters. The summed E-state index contributed by atoms with van der Waals surface area (Å²) in [5.41, 5.74) is 1.21. The second-order valence-electron chi connectivity index (χ2n) is 3.14. The summed E-state index contributed by atoms with van der Waals surface area (Å²) in [4.78, 5) is 10.8. The van der Waals surface area contributed by atoms with Crippen LogP contribution in [0.5, 0.6) is 0 Å². The fraction of sp³-hybridized carbons (Fsp3) is 0.364. The lowest BCUT2D eigenvalue weighted by Crippen LogP contribution is -2.02. The Morgan fingerprint density at radius 2 is 1.93 bits per heavy atom. The molecule has 0 saturated carbocycles. The summed E-state index contributed by atoms with van der Waals surface area (Å²) < 4.78 is 0. The van der Waals surface area contributed by atoms with Crippen LogP contribution in [0.1, 0.15) is 28.8 Å². The number of carboxylic acid groups (broad SMARTS) is 1. The highest BCUT2D eigenvalue weighted by Crippen LogP contribution is 2.11. The van der Waals surface area contributed by atoms with E-state index in [1.54, 1.807) is 12.1 Å². The number of benzene rings is 1. The van der Waals surface area contributed by atoms with Crippen molar-refractivity contribution >= 4 is 5.97 Å². The van der Waals surface area contributed by atoms with Gasteiger partial charge in [0.2, 0.25) is 0 Å². The van der Waals surface area contributed by atoms with E-state index in [-0.39, 0.29) is 6.61 Å². The van der Waals surface area contributed by atoms with Crippen LogP contribution in [0.2, 0.25) is 0 Å². The zero-order valence-electron chi connectivity index (χ0n) is 7.94. The molecule has 0 aliphatic heterocycles. The average molecular weight is 194 g/mol. The third kappa shape index (κ3) is 2.85. The molecular weight excluding hydrogens is 180 g/mol. The lowest BCUT2D eigenvalue weighted by Gasteiger charge is -2.04. The highest BCUT2D eigenvalue weighted by atomic mass is 16.4. The molecule has 0 fully saturated rings. The van der Waals surface area contributed by atoms with E-state index in [1.165, 1.54) is 0 Å². The Hall–Kier alpha value is -1.35. The van der Waals surface area contributed by atoms with Gasteiger partial charge in [-0.1, -0.05) is 18.2 Å². The van der Waals surface area contributed by atoms with E-state index in [9.17, 15) is 4.79 Å². The second-order valence-corrected chi connectivity index (χ2v) is 3.14. The number of rotatable bonds is 5. The third-order valence-electron chi connectivity index (χ3n) is 2.10. The van der Waals surface area contributed by atoms with Crippen molar-refractivity contribution in [2.75, 3.05) is 6.61 Å². The van der Waals surface area contributed by atoms with E-state index < -0.39 is 5.97 Å². The van der Waals surface area contributed by atoms with Crippen molar-refractivity contribution in [1.82, 2.24) is 0 Å². The van der Waals surface area contributed by atoms with Crippen molar-refractivity contribution in [2.45, 2.75) is 19.3 Å². The summed E-state index contributed by atoms with van der Waals surface area (Å²) in [6, 6.07) is 6.98. The van der Waals surface area contributed by atoms with E-state index in [4.69, 9.17) is 10.2 Å². The van der Waals surface area contributed by atoms with Gasteiger partial charge < -0.3 is 10.2 Å². The van der Waals surface area contributed by atoms with E-state index in [0.29, 0.717) is 18.4 Å². The zero-order chi connectivity index (χ0) is 10.4. The fourth-order valence-corrected chi connectivity index (χ4v) is 1.37. The Bertz CT molecular complexity index is 307. The Morgan fingerprint density at radius 1 is 1.21 bits per heavy atom. The predicted octanol–water partition coefficient (Wildman–Crippen LogP) is 1.70. The molecule has 2 N–H and O–H groups in total. The van der Waals surface area contributed by atoms with Gasteiger partial charge in [-0.25, -0.2) is 4.79 Å². The maximum absolute atomic E-state index is 10.8. The van der Waals surface area contributed by atoms with Gasteiger partial charge in [0.1, 0.15) is 0 Å². The summed E-state index contributed by atoms with van der Waals surface area (Å²) in [7, 11) is 0. The molecule has 1 rings (SSSR count). The van der Waals surface area contributed by atoms with E-state index in [1.807, 2.05) is 12.1 Å². The molecule has 1 aromatic rings. The van der Waals surface area contributed by atoms with Gasteiger partial charge in [0.05, 0.1) is 5.56 Å². The van der Waals surface area contributed by atoms with Crippen molar-refractivity contribution in [1.29, 1.82) is 0 Å². The first-order valence-corrected chi connectivity index (χ1v) is 4.67. The Balaban J connectivity index is 2.69. The monoisotopic (exact) mass is 194 g/mol. The maximum atomic E-state index is 10.8. The minimum absolute atomic E-state index is 0.162. The maximum Gasteiger partial charge on any atom is 0.335 e. The van der Waals surface area contributed by atoms with Crippen LogP contribution in [-0.2, 0) is 6.42 Å². The normalized spacial score (nSPS) is 10.1. The lowest BCUT2D eigenvalue weighted by molar-refractivity contribution is 0.0695. The van der Waals surface area contributed by atoms with Crippen LogP contribution >= 0.6 is 0 Å². The van der Waals surface area contributed by atoms with Crippen LogP contribution in [0.15, 0.2) is 24.3 Å². The molecule has 3 heteroatoms. The predicted molar refractivity (Wildman–Crippen MR) is 53.4 cm³/mol. The number of hydrogen-bond acceptors (Lipinski definition) is 2. The number of aliphatic hydroxyl groups is 1. The van der Waals surface area contributed by atoms with Crippen molar-refractivity contribution in [2.24, 2.45) is 0 Å². The van der Waals surface area contributed by atoms with Crippen molar-refractivity contribution < 1.29 is 15.0 Å². The number of unbranched alkanes of at least 4 members (excludes halogenated alkanes) is 1. The SMILES string of the molecule is O=C(O)c1ccccc1CCCCO. The molecule has 0 aliphatic carbocycles. The molecule has 0 saturated heterocycles. The number of hydrogen-bond donors (Lipinski definition) is 2. The Labute approximate surface area is 83.0 Å². The smallest absolute Gasteiger partial charge is 0.335 e. The molecule has 0 heterocycles. The number of aliphatic hydroxyl groups excluding tert-OH is 1. The molecular formula is C11H14O3. The molecule has 0 spiro atoms. The van der Waals surface area contributed by atoms with Crippen LogP contribution in [0.4, 0.5) is 0 Å². The zero-order valence-corrected chi connectivity index (χ0v) is 7.94. The third-order valence-corrected chi connectivity index (χ3v) is 2.10. The standard InChI is InChI=1S/C11H14O3/c12-8-4-3-6-9-5-1-2-7-10(9)11(13)14/h1-2,5,7,12H,3-4,6,8H2,(H,13,14). The summed E-state index contributed by atoms with van der Waals surface area (Å²) in [5.74, 6) is -0.885. The highest BCUT2D eigenvalue weighted by Gasteiger charge is 2.07. The first-order valence-electron chi connectivity index (χ1n) is 4.67. The van der Waals surface area contributed by atoms with E-state index >= 15 is 0 Å². The van der Waals surface area contributed by atoms with E-state index in [2.05, 4.69) is 0 Å². The number of aromatic carboxylic acids is 1. The molecule has 76 valence electrons. The van der Waals surface area contributed by atoms with Crippen LogP contribution in [0, 0.1) is 0 Å². The van der Waals surface area contributed by atoms with Gasteiger partial charge in [-0.15, -0.1) is 0 Å². The van der Waals surface area contributed by atoms with Gasteiger partial charge in [0.15, 0.2) is 0 Å². The Morgan fingerprint density at radius 3 is 2.57 bits per heavy atom. The molecule has 3 nitrogen and oxygen atoms in total. The summed E-state index contributed by atoms with van der Waals surface area (Å²) >= 11 is 0. The largest absolute Gasteiger partial charge is 0.478 e.